The molecule has 2 amide bonds. The predicted molar refractivity (Wildman–Crippen MR) is 121 cm³/mol. The molecule has 1 aliphatic carbocycles. The zero-order valence-electron chi connectivity index (χ0n) is 19.1. The lowest BCUT2D eigenvalue weighted by Gasteiger charge is -2.30. The van der Waals surface area contributed by atoms with Gasteiger partial charge in [0.2, 0.25) is 0 Å². The topological polar surface area (TPSA) is 88.1 Å². The number of aliphatic carboxylic acids is 1. The van der Waals surface area contributed by atoms with Crippen molar-refractivity contribution in [2.24, 2.45) is 5.92 Å². The van der Waals surface area contributed by atoms with Gasteiger partial charge in [-0.15, -0.1) is 0 Å². The number of urea groups is 1. The standard InChI is InChI=1S/C24H38N2O5/c1-4-30-22(23(27)28)16-19-10-12-21(13-11-19)31-15-14-26(24(29)25-18(2)3)17-20-8-6-5-7-9-20/h10-13,18,20,22H,4-9,14-17H2,1-3H3,(H,25,29)(H,27,28). The number of carboxylic acid groups (broad SMARTS) is 1. The van der Waals surface area contributed by atoms with Crippen LogP contribution in [0.1, 0.15) is 58.4 Å². The van der Waals surface area contributed by atoms with Gasteiger partial charge in [0, 0.05) is 25.6 Å². The molecule has 1 fully saturated rings. The molecule has 0 aliphatic heterocycles. The molecule has 1 aromatic rings. The Balaban J connectivity index is 1.86. The first-order valence-electron chi connectivity index (χ1n) is 11.5. The first-order valence-corrected chi connectivity index (χ1v) is 11.5. The van der Waals surface area contributed by atoms with Crippen LogP contribution >= 0.6 is 0 Å². The van der Waals surface area contributed by atoms with E-state index in [1.807, 2.05) is 43.0 Å². The Hall–Kier alpha value is -2.28. The SMILES string of the molecule is CCOC(Cc1ccc(OCCN(CC2CCCCC2)C(=O)NC(C)C)cc1)C(=O)O. The van der Waals surface area contributed by atoms with E-state index in [0.29, 0.717) is 37.8 Å². The zero-order valence-corrected chi connectivity index (χ0v) is 19.1. The molecule has 7 nitrogen and oxygen atoms in total. The number of carbonyl (C=O) groups excluding carboxylic acids is 1. The Morgan fingerprint density at radius 1 is 1.16 bits per heavy atom. The number of amides is 2. The second kappa shape index (κ2) is 13.2. The first-order chi connectivity index (χ1) is 14.9. The van der Waals surface area contributed by atoms with Crippen LogP contribution in [0.3, 0.4) is 0 Å². The minimum absolute atomic E-state index is 0.0323. The van der Waals surface area contributed by atoms with Crippen molar-refractivity contribution in [3.63, 3.8) is 0 Å². The van der Waals surface area contributed by atoms with Crippen molar-refractivity contribution in [1.82, 2.24) is 10.2 Å². The van der Waals surface area contributed by atoms with Crippen LogP contribution in [-0.2, 0) is 16.0 Å². The van der Waals surface area contributed by atoms with E-state index >= 15 is 0 Å². The Bertz CT molecular complexity index is 671. The van der Waals surface area contributed by atoms with Gasteiger partial charge in [-0.25, -0.2) is 9.59 Å². The van der Waals surface area contributed by atoms with Crippen molar-refractivity contribution in [2.45, 2.75) is 71.4 Å². The van der Waals surface area contributed by atoms with Crippen molar-refractivity contribution in [3.8, 4) is 5.75 Å². The lowest BCUT2D eigenvalue weighted by Crippen LogP contribution is -2.46. The van der Waals surface area contributed by atoms with Gasteiger partial charge in [0.1, 0.15) is 12.4 Å². The van der Waals surface area contributed by atoms with Gasteiger partial charge in [0.25, 0.3) is 0 Å². The van der Waals surface area contributed by atoms with Crippen LogP contribution in [0.25, 0.3) is 0 Å². The largest absolute Gasteiger partial charge is 0.492 e. The lowest BCUT2D eigenvalue weighted by atomic mass is 9.89. The third-order valence-electron chi connectivity index (χ3n) is 5.52. The van der Waals surface area contributed by atoms with E-state index in [9.17, 15) is 14.7 Å². The quantitative estimate of drug-likeness (QED) is 0.517. The summed E-state index contributed by atoms with van der Waals surface area (Å²) in [7, 11) is 0. The Morgan fingerprint density at radius 3 is 2.42 bits per heavy atom. The summed E-state index contributed by atoms with van der Waals surface area (Å²) in [6.07, 6.45) is 5.64. The Kier molecular flexibility index (Phi) is 10.6. The predicted octanol–water partition coefficient (Wildman–Crippen LogP) is 4.10. The lowest BCUT2D eigenvalue weighted by molar-refractivity contribution is -0.149. The minimum Gasteiger partial charge on any atom is -0.492 e. The minimum atomic E-state index is -0.958. The summed E-state index contributed by atoms with van der Waals surface area (Å²) in [6, 6.07) is 7.45. The smallest absolute Gasteiger partial charge is 0.333 e. The number of nitrogens with zero attached hydrogens (tertiary/aromatic N) is 1. The third kappa shape index (κ3) is 9.17. The summed E-state index contributed by atoms with van der Waals surface area (Å²) in [5, 5.41) is 12.2. The number of hydrogen-bond donors (Lipinski definition) is 2. The van der Waals surface area contributed by atoms with Crippen molar-refractivity contribution < 1.29 is 24.2 Å². The van der Waals surface area contributed by atoms with E-state index in [1.54, 1.807) is 6.92 Å². The molecule has 0 spiro atoms. The number of carboxylic acids is 1. The van der Waals surface area contributed by atoms with Crippen LogP contribution in [0.2, 0.25) is 0 Å². The fourth-order valence-corrected chi connectivity index (χ4v) is 3.92. The van der Waals surface area contributed by atoms with E-state index in [0.717, 1.165) is 12.1 Å². The molecule has 31 heavy (non-hydrogen) atoms. The molecule has 0 bridgehead atoms. The Morgan fingerprint density at radius 2 is 1.84 bits per heavy atom. The van der Waals surface area contributed by atoms with Gasteiger partial charge in [0.05, 0.1) is 6.54 Å². The highest BCUT2D eigenvalue weighted by molar-refractivity contribution is 5.74. The molecule has 2 N–H and O–H groups in total. The molecule has 0 heterocycles. The second-order valence-corrected chi connectivity index (χ2v) is 8.53. The van der Waals surface area contributed by atoms with E-state index in [4.69, 9.17) is 9.47 Å². The van der Waals surface area contributed by atoms with Crippen molar-refractivity contribution >= 4 is 12.0 Å². The summed E-state index contributed by atoms with van der Waals surface area (Å²) in [5.41, 5.74) is 0.878. The van der Waals surface area contributed by atoms with Crippen LogP contribution in [0.15, 0.2) is 24.3 Å². The fourth-order valence-electron chi connectivity index (χ4n) is 3.92. The maximum absolute atomic E-state index is 12.6. The molecule has 0 saturated heterocycles. The van der Waals surface area contributed by atoms with E-state index in [2.05, 4.69) is 5.32 Å². The molecule has 1 aliphatic rings. The van der Waals surface area contributed by atoms with Crippen molar-refractivity contribution in [1.29, 1.82) is 0 Å². The van der Waals surface area contributed by atoms with Crippen LogP contribution in [-0.4, -0.2) is 60.5 Å². The number of carbonyl (C=O) groups is 2. The molecule has 7 heteroatoms. The number of ether oxygens (including phenoxy) is 2. The molecule has 0 aromatic heterocycles. The molecular weight excluding hydrogens is 396 g/mol. The molecule has 1 saturated carbocycles. The fraction of sp³-hybridized carbons (Fsp3) is 0.667. The molecule has 1 unspecified atom stereocenters. The van der Waals surface area contributed by atoms with Gasteiger partial charge in [-0.05, 0) is 57.2 Å². The average Bonchev–Trinajstić information content (AvgIpc) is 2.74. The zero-order chi connectivity index (χ0) is 22.6. The number of benzene rings is 1. The highest BCUT2D eigenvalue weighted by Gasteiger charge is 2.21. The van der Waals surface area contributed by atoms with Crippen LogP contribution in [0, 0.1) is 5.92 Å². The normalized spacial score (nSPS) is 15.5. The molecule has 2 rings (SSSR count). The van der Waals surface area contributed by atoms with Crippen molar-refractivity contribution in [2.75, 3.05) is 26.3 Å². The first kappa shape index (κ1) is 25.0. The molecular formula is C24H38N2O5. The summed E-state index contributed by atoms with van der Waals surface area (Å²) >= 11 is 0. The van der Waals surface area contributed by atoms with Gasteiger partial charge < -0.3 is 24.8 Å². The highest BCUT2D eigenvalue weighted by atomic mass is 16.5. The number of nitrogens with one attached hydrogen (secondary N) is 1. The monoisotopic (exact) mass is 434 g/mol. The van der Waals surface area contributed by atoms with Crippen LogP contribution in [0.5, 0.6) is 5.75 Å². The van der Waals surface area contributed by atoms with E-state index < -0.39 is 12.1 Å². The van der Waals surface area contributed by atoms with Crippen LogP contribution < -0.4 is 10.1 Å². The number of rotatable bonds is 12. The summed E-state index contributed by atoms with van der Waals surface area (Å²) in [5.74, 6) is 0.312. The van der Waals surface area contributed by atoms with Crippen molar-refractivity contribution in [3.05, 3.63) is 29.8 Å². The summed E-state index contributed by atoms with van der Waals surface area (Å²) in [4.78, 5) is 25.7. The van der Waals surface area contributed by atoms with Crippen LogP contribution in [0.4, 0.5) is 4.79 Å². The average molecular weight is 435 g/mol. The molecule has 1 aromatic carbocycles. The van der Waals surface area contributed by atoms with E-state index in [-0.39, 0.29) is 12.1 Å². The van der Waals surface area contributed by atoms with Gasteiger partial charge in [-0.1, -0.05) is 31.4 Å². The van der Waals surface area contributed by atoms with E-state index in [1.165, 1.54) is 32.1 Å². The molecule has 1 atom stereocenters. The Labute approximate surface area is 186 Å². The van der Waals surface area contributed by atoms with Gasteiger partial charge in [-0.3, -0.25) is 0 Å². The number of hydrogen-bond acceptors (Lipinski definition) is 4. The molecule has 174 valence electrons. The molecule has 0 radical (unpaired) electrons. The van der Waals surface area contributed by atoms with Gasteiger partial charge in [-0.2, -0.15) is 0 Å². The third-order valence-corrected chi connectivity index (χ3v) is 5.52. The summed E-state index contributed by atoms with van der Waals surface area (Å²) < 4.78 is 11.1. The second-order valence-electron chi connectivity index (χ2n) is 8.53. The summed E-state index contributed by atoms with van der Waals surface area (Å²) in [6.45, 7) is 7.79. The van der Waals surface area contributed by atoms with Gasteiger partial charge >= 0.3 is 12.0 Å². The highest BCUT2D eigenvalue weighted by Crippen LogP contribution is 2.24. The maximum Gasteiger partial charge on any atom is 0.333 e. The maximum atomic E-state index is 12.6. The van der Waals surface area contributed by atoms with Gasteiger partial charge in [0.15, 0.2) is 6.10 Å².